The van der Waals surface area contributed by atoms with Gasteiger partial charge in [0.25, 0.3) is 0 Å². The summed E-state index contributed by atoms with van der Waals surface area (Å²) >= 11 is 0. The van der Waals surface area contributed by atoms with Crippen molar-refractivity contribution in [3.05, 3.63) is 24.3 Å². The monoisotopic (exact) mass is 817 g/mol. The number of amides is 1. The van der Waals surface area contributed by atoms with Crippen LogP contribution in [0.15, 0.2) is 24.3 Å². The standard InChI is InChI=1S/C51H96N2O5/c1-3-5-7-9-11-13-15-16-17-18-19-20-21-22-23-24-26-28-30-35-39-45-50(55)58-47(41-36-32-29-27-25-14-12-10-8-6-4-2)42-37-33-31-34-38-44-49(54)53-48(51(56)57)43-40-46-52/h18-19,27,29,47-48H,3-17,20-26,28,30-46,52H2,1-2H3,(H,53,54)(H,56,57)/b19-18-,29-27-. The fourth-order valence-corrected chi connectivity index (χ4v) is 7.68. The van der Waals surface area contributed by atoms with Gasteiger partial charge in [-0.1, -0.05) is 179 Å². The molecule has 2 unspecified atom stereocenters. The summed E-state index contributed by atoms with van der Waals surface area (Å²) in [6.07, 6.45) is 53.8. The Hall–Kier alpha value is -2.15. The molecule has 0 saturated heterocycles. The molecule has 0 aliphatic rings. The summed E-state index contributed by atoms with van der Waals surface area (Å²) < 4.78 is 6.05. The lowest BCUT2D eigenvalue weighted by Crippen LogP contribution is -2.40. The van der Waals surface area contributed by atoms with Crippen LogP contribution in [-0.4, -0.2) is 41.6 Å². The Morgan fingerprint density at radius 1 is 0.483 bits per heavy atom. The molecule has 0 aromatic heterocycles. The molecule has 2 atom stereocenters. The third-order valence-electron chi connectivity index (χ3n) is 11.5. The Kier molecular flexibility index (Phi) is 44.2. The number of nitrogens with one attached hydrogen (secondary N) is 1. The maximum absolute atomic E-state index is 12.8. The predicted molar refractivity (Wildman–Crippen MR) is 248 cm³/mol. The highest BCUT2D eigenvalue weighted by Gasteiger charge is 2.19. The van der Waals surface area contributed by atoms with Gasteiger partial charge >= 0.3 is 11.9 Å². The molecule has 0 rings (SSSR count). The summed E-state index contributed by atoms with van der Waals surface area (Å²) in [7, 11) is 0. The fourth-order valence-electron chi connectivity index (χ4n) is 7.68. The van der Waals surface area contributed by atoms with E-state index in [0.717, 1.165) is 77.0 Å². The highest BCUT2D eigenvalue weighted by molar-refractivity contribution is 5.83. The average molecular weight is 817 g/mol. The van der Waals surface area contributed by atoms with Crippen LogP contribution in [0.4, 0.5) is 0 Å². The van der Waals surface area contributed by atoms with Crippen LogP contribution in [0.5, 0.6) is 0 Å². The van der Waals surface area contributed by atoms with Crippen molar-refractivity contribution in [2.45, 2.75) is 276 Å². The van der Waals surface area contributed by atoms with Crippen LogP contribution in [0.1, 0.15) is 264 Å². The van der Waals surface area contributed by atoms with Gasteiger partial charge in [-0.25, -0.2) is 4.79 Å². The zero-order valence-electron chi connectivity index (χ0n) is 38.4. The highest BCUT2D eigenvalue weighted by atomic mass is 16.5. The Balaban J connectivity index is 4.20. The number of hydrogen-bond acceptors (Lipinski definition) is 5. The molecule has 58 heavy (non-hydrogen) atoms. The van der Waals surface area contributed by atoms with Crippen molar-refractivity contribution < 1.29 is 24.2 Å². The van der Waals surface area contributed by atoms with Crippen LogP contribution in [0.3, 0.4) is 0 Å². The number of carbonyl (C=O) groups excluding carboxylic acids is 2. The first-order valence-corrected chi connectivity index (χ1v) is 25.2. The molecule has 0 aromatic rings. The molecule has 0 aliphatic carbocycles. The van der Waals surface area contributed by atoms with Crippen molar-refractivity contribution in [1.29, 1.82) is 0 Å². The number of carboxylic acids is 1. The summed E-state index contributed by atoms with van der Waals surface area (Å²) in [6.45, 7) is 4.96. The second-order valence-corrected chi connectivity index (χ2v) is 17.2. The Bertz CT molecular complexity index is 967. The number of esters is 1. The zero-order chi connectivity index (χ0) is 42.4. The van der Waals surface area contributed by atoms with Crippen LogP contribution < -0.4 is 11.1 Å². The molecule has 7 heteroatoms. The van der Waals surface area contributed by atoms with Crippen molar-refractivity contribution in [2.24, 2.45) is 5.73 Å². The van der Waals surface area contributed by atoms with Gasteiger partial charge in [-0.2, -0.15) is 0 Å². The van der Waals surface area contributed by atoms with Gasteiger partial charge in [-0.3, -0.25) is 9.59 Å². The first-order chi connectivity index (χ1) is 28.4. The topological polar surface area (TPSA) is 119 Å². The second-order valence-electron chi connectivity index (χ2n) is 17.2. The van der Waals surface area contributed by atoms with E-state index in [9.17, 15) is 19.5 Å². The van der Waals surface area contributed by atoms with E-state index >= 15 is 0 Å². The molecule has 340 valence electrons. The largest absolute Gasteiger partial charge is 0.480 e. The summed E-state index contributed by atoms with van der Waals surface area (Å²) in [5.74, 6) is -1.24. The van der Waals surface area contributed by atoms with Gasteiger partial charge in [0.2, 0.25) is 5.91 Å². The normalized spacial score (nSPS) is 12.7. The molecular formula is C51H96N2O5. The minimum absolute atomic E-state index is 0.0166. The van der Waals surface area contributed by atoms with E-state index in [-0.39, 0.29) is 18.0 Å². The minimum atomic E-state index is -1.00. The molecule has 0 heterocycles. The third-order valence-corrected chi connectivity index (χ3v) is 11.5. The summed E-state index contributed by atoms with van der Waals surface area (Å²) in [6, 6.07) is -0.858. The van der Waals surface area contributed by atoms with Gasteiger partial charge in [-0.05, 0) is 103 Å². The number of unbranched alkanes of at least 4 members (excludes halogenated alkanes) is 28. The molecule has 1 amide bonds. The SMILES string of the molecule is CCCCCCCC/C=C\CCCC(CCCCCCCC(=O)NC(CCCN)C(=O)O)OC(=O)CCCCCCCCCCC/C=C\CCCCCCCCCC. The Morgan fingerprint density at radius 2 is 0.862 bits per heavy atom. The van der Waals surface area contributed by atoms with E-state index in [1.54, 1.807) is 0 Å². The molecule has 0 radical (unpaired) electrons. The lowest BCUT2D eigenvalue weighted by Gasteiger charge is -2.18. The van der Waals surface area contributed by atoms with Crippen molar-refractivity contribution in [2.75, 3.05) is 6.54 Å². The molecule has 0 spiro atoms. The smallest absolute Gasteiger partial charge is 0.326 e. The number of nitrogens with two attached hydrogens (primary N) is 1. The maximum Gasteiger partial charge on any atom is 0.326 e. The highest BCUT2D eigenvalue weighted by Crippen LogP contribution is 2.18. The van der Waals surface area contributed by atoms with Gasteiger partial charge in [-0.15, -0.1) is 0 Å². The lowest BCUT2D eigenvalue weighted by molar-refractivity contribution is -0.150. The summed E-state index contributed by atoms with van der Waals surface area (Å²) in [4.78, 5) is 36.5. The van der Waals surface area contributed by atoms with Gasteiger partial charge in [0.1, 0.15) is 12.1 Å². The first-order valence-electron chi connectivity index (χ1n) is 25.2. The first kappa shape index (κ1) is 55.9. The summed E-state index contributed by atoms with van der Waals surface area (Å²) in [5.41, 5.74) is 5.49. The van der Waals surface area contributed by atoms with Crippen LogP contribution in [0.25, 0.3) is 0 Å². The second kappa shape index (κ2) is 45.9. The Labute approximate surface area is 359 Å². The van der Waals surface area contributed by atoms with Crippen molar-refractivity contribution >= 4 is 17.8 Å². The molecule has 0 fully saturated rings. The molecular weight excluding hydrogens is 721 g/mol. The predicted octanol–water partition coefficient (Wildman–Crippen LogP) is 14.8. The summed E-state index contributed by atoms with van der Waals surface area (Å²) in [5, 5.41) is 12.0. The number of rotatable bonds is 46. The molecule has 0 saturated carbocycles. The van der Waals surface area contributed by atoms with Gasteiger partial charge in [0.05, 0.1) is 0 Å². The fraction of sp³-hybridized carbons (Fsp3) is 0.863. The van der Waals surface area contributed by atoms with Gasteiger partial charge in [0.15, 0.2) is 0 Å². The van der Waals surface area contributed by atoms with E-state index in [4.69, 9.17) is 10.5 Å². The lowest BCUT2D eigenvalue weighted by atomic mass is 10.0. The zero-order valence-corrected chi connectivity index (χ0v) is 38.4. The molecule has 0 bridgehead atoms. The van der Waals surface area contributed by atoms with Gasteiger partial charge < -0.3 is 20.9 Å². The van der Waals surface area contributed by atoms with Crippen LogP contribution >= 0.6 is 0 Å². The Morgan fingerprint density at radius 3 is 1.31 bits per heavy atom. The minimum Gasteiger partial charge on any atom is -0.480 e. The maximum atomic E-state index is 12.8. The number of aliphatic carboxylic acids is 1. The van der Waals surface area contributed by atoms with E-state index < -0.39 is 12.0 Å². The van der Waals surface area contributed by atoms with Gasteiger partial charge in [0, 0.05) is 12.8 Å². The molecule has 4 N–H and O–H groups in total. The van der Waals surface area contributed by atoms with Crippen LogP contribution in [0, 0.1) is 0 Å². The molecule has 0 aromatic carbocycles. The molecule has 0 aliphatic heterocycles. The number of carboxylic acid groups (broad SMARTS) is 1. The van der Waals surface area contributed by atoms with E-state index in [2.05, 4.69) is 43.5 Å². The third kappa shape index (κ3) is 42.0. The van der Waals surface area contributed by atoms with Crippen molar-refractivity contribution in [3.8, 4) is 0 Å². The van der Waals surface area contributed by atoms with E-state index in [1.165, 1.54) is 148 Å². The van der Waals surface area contributed by atoms with Crippen LogP contribution in [0.2, 0.25) is 0 Å². The van der Waals surface area contributed by atoms with Crippen molar-refractivity contribution in [1.82, 2.24) is 5.32 Å². The quantitative estimate of drug-likeness (QED) is 0.0320. The van der Waals surface area contributed by atoms with E-state index in [1.807, 2.05) is 0 Å². The number of allylic oxidation sites excluding steroid dienone is 4. The number of ether oxygens (including phenoxy) is 1. The number of carbonyl (C=O) groups is 3. The molecule has 7 nitrogen and oxygen atoms in total. The van der Waals surface area contributed by atoms with E-state index in [0.29, 0.717) is 32.2 Å². The number of hydrogen-bond donors (Lipinski definition) is 3. The van der Waals surface area contributed by atoms with Crippen molar-refractivity contribution in [3.63, 3.8) is 0 Å². The average Bonchev–Trinajstić information content (AvgIpc) is 3.21. The van der Waals surface area contributed by atoms with Crippen LogP contribution in [-0.2, 0) is 19.1 Å².